The number of fused-ring (bicyclic) bond motifs is 1. The normalized spacial score (nSPS) is 15.7. The second-order valence-electron chi connectivity index (χ2n) is 5.35. The molecule has 0 aromatic carbocycles. The maximum absolute atomic E-state index is 12.4. The third kappa shape index (κ3) is 2.76. The molecule has 0 unspecified atom stereocenters. The zero-order valence-corrected chi connectivity index (χ0v) is 15.1. The zero-order valence-electron chi connectivity index (χ0n) is 13.5. The highest BCUT2D eigenvalue weighted by Crippen LogP contribution is 2.29. The van der Waals surface area contributed by atoms with Crippen molar-refractivity contribution in [2.75, 3.05) is 12.8 Å². The number of carbonyl (C=O) groups excluding carboxylic acids is 1. The van der Waals surface area contributed by atoms with Gasteiger partial charge in [0.05, 0.1) is 17.6 Å². The first-order valence-electron chi connectivity index (χ1n) is 7.50. The van der Waals surface area contributed by atoms with Crippen LogP contribution in [0, 0.1) is 0 Å². The lowest BCUT2D eigenvalue weighted by Crippen LogP contribution is -2.17. The molecule has 1 aliphatic carbocycles. The summed E-state index contributed by atoms with van der Waals surface area (Å²) in [4.78, 5) is 29.6. The van der Waals surface area contributed by atoms with Crippen LogP contribution in [0.5, 0.6) is 0 Å². The predicted octanol–water partition coefficient (Wildman–Crippen LogP) is 2.51. The van der Waals surface area contributed by atoms with Crippen LogP contribution in [0.4, 0.5) is 5.82 Å². The van der Waals surface area contributed by atoms with E-state index in [-0.39, 0.29) is 22.9 Å². The van der Waals surface area contributed by atoms with Gasteiger partial charge < -0.3 is 10.5 Å². The van der Waals surface area contributed by atoms with Gasteiger partial charge >= 0.3 is 0 Å². The molecule has 0 saturated carbocycles. The standard InChI is InChI=1S/C17H12N4O3S2/c1-24-12-8-9(4-5-11(12)22)7-10-14(18)21-17(19-15(10)23)26-16(20-21)13-3-2-6-25-13/h2-8H,18H2,1H3/b9-7+. The predicted molar refractivity (Wildman–Crippen MR) is 102 cm³/mol. The van der Waals surface area contributed by atoms with Crippen LogP contribution in [-0.2, 0) is 9.53 Å². The second kappa shape index (κ2) is 6.36. The molecule has 26 heavy (non-hydrogen) atoms. The summed E-state index contributed by atoms with van der Waals surface area (Å²) in [5.41, 5.74) is 6.56. The van der Waals surface area contributed by atoms with E-state index >= 15 is 0 Å². The van der Waals surface area contributed by atoms with Crippen molar-refractivity contribution in [1.29, 1.82) is 0 Å². The molecule has 0 saturated heterocycles. The number of thiophene rings is 1. The number of hydrogen-bond acceptors (Lipinski definition) is 8. The smallest absolute Gasteiger partial charge is 0.283 e. The summed E-state index contributed by atoms with van der Waals surface area (Å²) >= 11 is 2.85. The molecule has 3 aromatic rings. The molecule has 0 aliphatic heterocycles. The molecule has 0 atom stereocenters. The summed E-state index contributed by atoms with van der Waals surface area (Å²) in [6.45, 7) is 0. The fourth-order valence-corrected chi connectivity index (χ4v) is 4.15. The van der Waals surface area contributed by atoms with Crippen LogP contribution in [0.2, 0.25) is 0 Å². The molecule has 7 nitrogen and oxygen atoms in total. The minimum absolute atomic E-state index is 0.195. The van der Waals surface area contributed by atoms with Crippen LogP contribution in [0.15, 0.2) is 51.9 Å². The molecule has 3 heterocycles. The molecule has 9 heteroatoms. The van der Waals surface area contributed by atoms with Crippen LogP contribution >= 0.6 is 22.7 Å². The summed E-state index contributed by atoms with van der Waals surface area (Å²) in [6.07, 6.45) is 6.09. The number of nitrogen functional groups attached to an aromatic ring is 1. The fraction of sp³-hybridized carbons (Fsp3) is 0.0588. The Morgan fingerprint density at radius 3 is 2.88 bits per heavy atom. The summed E-state index contributed by atoms with van der Waals surface area (Å²) in [7, 11) is 1.42. The Labute approximate surface area is 155 Å². The van der Waals surface area contributed by atoms with Crippen molar-refractivity contribution in [3.05, 3.63) is 63.0 Å². The van der Waals surface area contributed by atoms with Crippen molar-refractivity contribution in [2.45, 2.75) is 0 Å². The van der Waals surface area contributed by atoms with Gasteiger partial charge in [-0.3, -0.25) is 9.59 Å². The minimum Gasteiger partial charge on any atom is -0.493 e. The Bertz CT molecular complexity index is 1170. The average Bonchev–Trinajstić information content (AvgIpc) is 3.29. The van der Waals surface area contributed by atoms with Crippen molar-refractivity contribution in [3.8, 4) is 9.88 Å². The average molecular weight is 384 g/mol. The Hall–Kier alpha value is -3.04. The van der Waals surface area contributed by atoms with Gasteiger partial charge in [0, 0.05) is 0 Å². The van der Waals surface area contributed by atoms with Gasteiger partial charge in [-0.05, 0) is 35.2 Å². The topological polar surface area (TPSA) is 99.6 Å². The van der Waals surface area contributed by atoms with Gasteiger partial charge in [0.25, 0.3) is 5.56 Å². The minimum atomic E-state index is -0.450. The maximum Gasteiger partial charge on any atom is 0.283 e. The molecule has 4 rings (SSSR count). The molecule has 3 aromatic heterocycles. The number of anilines is 1. The number of allylic oxidation sites excluding steroid dienone is 4. The first-order chi connectivity index (χ1) is 12.6. The second-order valence-corrected chi connectivity index (χ2v) is 7.25. The number of ketones is 1. The molecule has 0 spiro atoms. The van der Waals surface area contributed by atoms with Gasteiger partial charge in [-0.15, -0.1) is 11.3 Å². The van der Waals surface area contributed by atoms with Gasteiger partial charge in [-0.25, -0.2) is 0 Å². The van der Waals surface area contributed by atoms with Crippen LogP contribution in [0.25, 0.3) is 20.9 Å². The number of nitrogens with two attached hydrogens (primary N) is 1. The molecule has 0 radical (unpaired) electrons. The quantitative estimate of drug-likeness (QED) is 0.745. The Morgan fingerprint density at radius 2 is 2.15 bits per heavy atom. The molecule has 0 bridgehead atoms. The van der Waals surface area contributed by atoms with Gasteiger partial charge in [0.2, 0.25) is 10.7 Å². The Balaban J connectivity index is 1.85. The van der Waals surface area contributed by atoms with Gasteiger partial charge in [0.15, 0.2) is 10.8 Å². The lowest BCUT2D eigenvalue weighted by atomic mass is 10.0. The molecule has 0 amide bonds. The number of rotatable bonds is 3. The van der Waals surface area contributed by atoms with Crippen molar-refractivity contribution < 1.29 is 9.53 Å². The van der Waals surface area contributed by atoms with E-state index in [0.29, 0.717) is 10.5 Å². The largest absolute Gasteiger partial charge is 0.493 e. The van der Waals surface area contributed by atoms with Gasteiger partial charge in [0.1, 0.15) is 5.82 Å². The first kappa shape index (κ1) is 16.4. The van der Waals surface area contributed by atoms with E-state index in [1.54, 1.807) is 29.6 Å². The van der Waals surface area contributed by atoms with E-state index in [9.17, 15) is 9.59 Å². The molecule has 0 fully saturated rings. The molecular weight excluding hydrogens is 372 g/mol. The number of aromatic nitrogens is 3. The highest BCUT2D eigenvalue weighted by atomic mass is 32.1. The maximum atomic E-state index is 12.4. The highest BCUT2D eigenvalue weighted by molar-refractivity contribution is 7.23. The highest BCUT2D eigenvalue weighted by Gasteiger charge is 2.16. The number of methoxy groups -OCH3 is 1. The summed E-state index contributed by atoms with van der Waals surface area (Å²) in [5.74, 6) is 0.160. The molecule has 130 valence electrons. The van der Waals surface area contributed by atoms with Crippen molar-refractivity contribution >= 4 is 45.3 Å². The van der Waals surface area contributed by atoms with E-state index in [1.165, 1.54) is 29.0 Å². The molecule has 1 aliphatic rings. The molecular formula is C17H12N4O3S2. The van der Waals surface area contributed by atoms with Crippen LogP contribution in [0.3, 0.4) is 0 Å². The number of nitrogens with zero attached hydrogens (tertiary/aromatic N) is 3. The third-order valence-electron chi connectivity index (χ3n) is 3.72. The SMILES string of the molecule is COC1=C/C(=C/c2c(N)n3nc(-c4cccs4)sc3nc2=O)C=CC1=O. The van der Waals surface area contributed by atoms with Crippen LogP contribution in [-0.4, -0.2) is 27.5 Å². The van der Waals surface area contributed by atoms with E-state index in [1.807, 2.05) is 17.5 Å². The van der Waals surface area contributed by atoms with Gasteiger partial charge in [-0.1, -0.05) is 23.5 Å². The van der Waals surface area contributed by atoms with Crippen molar-refractivity contribution in [2.24, 2.45) is 0 Å². The van der Waals surface area contributed by atoms with E-state index < -0.39 is 5.56 Å². The number of carbonyl (C=O) groups is 1. The summed E-state index contributed by atoms with van der Waals surface area (Å²) < 4.78 is 6.49. The Kier molecular flexibility index (Phi) is 4.02. The fourth-order valence-electron chi connectivity index (χ4n) is 2.46. The van der Waals surface area contributed by atoms with Crippen molar-refractivity contribution in [1.82, 2.24) is 14.6 Å². The Morgan fingerprint density at radius 1 is 1.31 bits per heavy atom. The first-order valence-corrected chi connectivity index (χ1v) is 9.19. The monoisotopic (exact) mass is 384 g/mol. The lowest BCUT2D eigenvalue weighted by Gasteiger charge is -2.08. The number of ether oxygens (including phenoxy) is 1. The number of hydrogen-bond donors (Lipinski definition) is 1. The molecule has 2 N–H and O–H groups in total. The third-order valence-corrected chi connectivity index (χ3v) is 5.67. The van der Waals surface area contributed by atoms with E-state index in [4.69, 9.17) is 10.5 Å². The lowest BCUT2D eigenvalue weighted by molar-refractivity contribution is -0.114. The van der Waals surface area contributed by atoms with E-state index in [0.717, 1.165) is 9.88 Å². The van der Waals surface area contributed by atoms with E-state index in [2.05, 4.69) is 10.1 Å². The van der Waals surface area contributed by atoms with Gasteiger partial charge in [-0.2, -0.15) is 14.6 Å². The van der Waals surface area contributed by atoms with Crippen LogP contribution in [0.1, 0.15) is 5.56 Å². The van der Waals surface area contributed by atoms with Crippen molar-refractivity contribution in [3.63, 3.8) is 0 Å². The zero-order chi connectivity index (χ0) is 18.3. The summed E-state index contributed by atoms with van der Waals surface area (Å²) in [6, 6.07) is 3.87. The summed E-state index contributed by atoms with van der Waals surface area (Å²) in [5, 5.41) is 7.17. The van der Waals surface area contributed by atoms with Crippen LogP contribution < -0.4 is 11.3 Å².